The first-order valence-electron chi connectivity index (χ1n) is 7.23. The number of carbonyl (C=O) groups excluding carboxylic acids is 2. The predicted molar refractivity (Wildman–Crippen MR) is 86.7 cm³/mol. The van der Waals surface area contributed by atoms with E-state index in [4.69, 9.17) is 0 Å². The molecule has 0 spiro atoms. The van der Waals surface area contributed by atoms with Gasteiger partial charge in [-0.15, -0.1) is 0 Å². The van der Waals surface area contributed by atoms with Crippen LogP contribution in [0.1, 0.15) is 30.6 Å². The van der Waals surface area contributed by atoms with Gasteiger partial charge in [-0.25, -0.2) is 4.98 Å². The van der Waals surface area contributed by atoms with Crippen LogP contribution in [0.15, 0.2) is 48.7 Å². The smallest absolute Gasteiger partial charge is 0.256 e. The molecule has 22 heavy (non-hydrogen) atoms. The highest BCUT2D eigenvalue weighted by Gasteiger charge is 2.12. The molecule has 5 nitrogen and oxygen atoms in total. The van der Waals surface area contributed by atoms with E-state index < -0.39 is 0 Å². The molecule has 1 aromatic heterocycles. The molecule has 0 aliphatic carbocycles. The largest absolute Gasteiger partial charge is 0.326 e. The summed E-state index contributed by atoms with van der Waals surface area (Å²) in [4.78, 5) is 28.1. The van der Waals surface area contributed by atoms with Gasteiger partial charge in [0.15, 0.2) is 0 Å². The van der Waals surface area contributed by atoms with Gasteiger partial charge in [-0.3, -0.25) is 9.59 Å². The Balaban J connectivity index is 2.08. The topological polar surface area (TPSA) is 71.1 Å². The summed E-state index contributed by atoms with van der Waals surface area (Å²) >= 11 is 0. The van der Waals surface area contributed by atoms with Gasteiger partial charge in [0, 0.05) is 23.4 Å². The molecule has 114 valence electrons. The summed E-state index contributed by atoms with van der Waals surface area (Å²) in [5.74, 6) is 0.107. The molecule has 0 aliphatic rings. The summed E-state index contributed by atoms with van der Waals surface area (Å²) in [5.41, 5.74) is 1.08. The summed E-state index contributed by atoms with van der Waals surface area (Å²) in [6, 6.07) is 12.1. The van der Waals surface area contributed by atoms with Crippen molar-refractivity contribution >= 4 is 23.3 Å². The van der Waals surface area contributed by atoms with Crippen molar-refractivity contribution in [2.24, 2.45) is 5.92 Å². The van der Waals surface area contributed by atoms with Gasteiger partial charge in [-0.05, 0) is 36.8 Å². The second-order valence-corrected chi connectivity index (χ2v) is 5.05. The van der Waals surface area contributed by atoms with Gasteiger partial charge in [-0.1, -0.05) is 26.0 Å². The van der Waals surface area contributed by atoms with E-state index in [0.717, 1.165) is 6.42 Å². The number of aromatic nitrogens is 1. The van der Waals surface area contributed by atoms with E-state index >= 15 is 0 Å². The molecule has 0 saturated carbocycles. The monoisotopic (exact) mass is 297 g/mol. The van der Waals surface area contributed by atoms with Crippen LogP contribution in [-0.2, 0) is 4.79 Å². The van der Waals surface area contributed by atoms with Crippen molar-refractivity contribution in [2.75, 3.05) is 10.6 Å². The molecule has 2 N–H and O–H groups in total. The van der Waals surface area contributed by atoms with Crippen molar-refractivity contribution in [3.8, 4) is 0 Å². The molecule has 1 heterocycles. The molecule has 2 amide bonds. The molecule has 0 saturated heterocycles. The molecule has 2 rings (SSSR count). The molecular formula is C17H19N3O2. The molecular weight excluding hydrogens is 278 g/mol. The summed E-state index contributed by atoms with van der Waals surface area (Å²) in [5, 5.41) is 5.53. The van der Waals surface area contributed by atoms with Gasteiger partial charge < -0.3 is 10.6 Å². The summed E-state index contributed by atoms with van der Waals surface area (Å²) in [6.45, 7) is 3.83. The third kappa shape index (κ3) is 4.15. The second kappa shape index (κ2) is 7.36. The predicted octanol–water partition coefficient (Wildman–Crippen LogP) is 3.32. The lowest BCUT2D eigenvalue weighted by Gasteiger charge is -2.11. The zero-order chi connectivity index (χ0) is 15.9. The molecule has 5 heteroatoms. The van der Waals surface area contributed by atoms with Crippen molar-refractivity contribution in [3.63, 3.8) is 0 Å². The summed E-state index contributed by atoms with van der Waals surface area (Å²) in [6.07, 6.45) is 2.38. The highest BCUT2D eigenvalue weighted by atomic mass is 16.2. The maximum atomic E-state index is 12.2. The van der Waals surface area contributed by atoms with Crippen LogP contribution >= 0.6 is 0 Å². The lowest BCUT2D eigenvalue weighted by Crippen LogP contribution is -2.20. The number of anilines is 2. The SMILES string of the molecule is CC[C@@H](C)C(=O)Nc1cccc(C(=O)Nc2ccccn2)c1. The van der Waals surface area contributed by atoms with Crippen LogP contribution in [0, 0.1) is 5.92 Å². The minimum absolute atomic E-state index is 0.0511. The van der Waals surface area contributed by atoms with Gasteiger partial charge in [0.05, 0.1) is 0 Å². The number of hydrogen-bond donors (Lipinski definition) is 2. The van der Waals surface area contributed by atoms with Crippen molar-refractivity contribution in [2.45, 2.75) is 20.3 Å². The van der Waals surface area contributed by atoms with Gasteiger partial charge >= 0.3 is 0 Å². The highest BCUT2D eigenvalue weighted by molar-refractivity contribution is 6.05. The van der Waals surface area contributed by atoms with Gasteiger partial charge in [-0.2, -0.15) is 0 Å². The first-order chi connectivity index (χ1) is 10.6. The van der Waals surface area contributed by atoms with E-state index in [1.807, 2.05) is 13.8 Å². The van der Waals surface area contributed by atoms with Crippen molar-refractivity contribution in [1.29, 1.82) is 0 Å². The number of benzene rings is 1. The van der Waals surface area contributed by atoms with Gasteiger partial charge in [0.25, 0.3) is 5.91 Å². The number of pyridine rings is 1. The van der Waals surface area contributed by atoms with Crippen molar-refractivity contribution in [1.82, 2.24) is 4.98 Å². The minimum Gasteiger partial charge on any atom is -0.326 e. The fourth-order valence-corrected chi connectivity index (χ4v) is 1.81. The molecule has 0 fully saturated rings. The van der Waals surface area contributed by atoms with Crippen LogP contribution in [0.3, 0.4) is 0 Å². The third-order valence-electron chi connectivity index (χ3n) is 3.36. The van der Waals surface area contributed by atoms with Gasteiger partial charge in [0.1, 0.15) is 5.82 Å². The van der Waals surface area contributed by atoms with Crippen molar-refractivity contribution < 1.29 is 9.59 Å². The number of nitrogens with one attached hydrogen (secondary N) is 2. The fourth-order valence-electron chi connectivity index (χ4n) is 1.81. The van der Waals surface area contributed by atoms with Crippen molar-refractivity contribution in [3.05, 3.63) is 54.2 Å². The molecule has 2 aromatic rings. The van der Waals surface area contributed by atoms with E-state index in [1.54, 1.807) is 48.7 Å². The van der Waals surface area contributed by atoms with E-state index in [0.29, 0.717) is 17.1 Å². The highest BCUT2D eigenvalue weighted by Crippen LogP contribution is 2.14. The molecule has 0 aliphatic heterocycles. The Kier molecular flexibility index (Phi) is 5.25. The first-order valence-corrected chi connectivity index (χ1v) is 7.23. The molecule has 0 unspecified atom stereocenters. The Bertz CT molecular complexity index is 656. The molecule has 1 aromatic carbocycles. The molecule has 0 bridgehead atoms. The fraction of sp³-hybridized carbons (Fsp3) is 0.235. The molecule has 1 atom stereocenters. The number of hydrogen-bond acceptors (Lipinski definition) is 3. The first kappa shape index (κ1) is 15.7. The van der Waals surface area contributed by atoms with Crippen LogP contribution in [0.25, 0.3) is 0 Å². The van der Waals surface area contributed by atoms with Crippen LogP contribution in [-0.4, -0.2) is 16.8 Å². The average Bonchev–Trinajstić information content (AvgIpc) is 2.55. The Morgan fingerprint density at radius 1 is 1.14 bits per heavy atom. The van der Waals surface area contributed by atoms with Crippen LogP contribution in [0.4, 0.5) is 11.5 Å². The lowest BCUT2D eigenvalue weighted by molar-refractivity contribution is -0.119. The van der Waals surface area contributed by atoms with Crippen LogP contribution < -0.4 is 10.6 Å². The van der Waals surface area contributed by atoms with E-state index in [2.05, 4.69) is 15.6 Å². The second-order valence-electron chi connectivity index (χ2n) is 5.05. The quantitative estimate of drug-likeness (QED) is 0.889. The maximum Gasteiger partial charge on any atom is 0.256 e. The number of nitrogens with zero attached hydrogens (tertiary/aromatic N) is 1. The third-order valence-corrected chi connectivity index (χ3v) is 3.36. The Hall–Kier alpha value is -2.69. The van der Waals surface area contributed by atoms with E-state index in [9.17, 15) is 9.59 Å². The molecule has 0 radical (unpaired) electrons. The standard InChI is InChI=1S/C17H19N3O2/c1-3-12(2)16(21)19-14-8-6-7-13(11-14)17(22)20-15-9-4-5-10-18-15/h4-12H,3H2,1-2H3,(H,19,21)(H,18,20,22)/t12-/m1/s1. The lowest BCUT2D eigenvalue weighted by atomic mass is 10.1. The average molecular weight is 297 g/mol. The maximum absolute atomic E-state index is 12.2. The Morgan fingerprint density at radius 2 is 1.95 bits per heavy atom. The zero-order valence-corrected chi connectivity index (χ0v) is 12.7. The number of rotatable bonds is 5. The summed E-state index contributed by atoms with van der Waals surface area (Å²) in [7, 11) is 0. The summed E-state index contributed by atoms with van der Waals surface area (Å²) < 4.78 is 0. The number of carbonyl (C=O) groups is 2. The Morgan fingerprint density at radius 3 is 2.64 bits per heavy atom. The van der Waals surface area contributed by atoms with Crippen LogP contribution in [0.5, 0.6) is 0 Å². The number of amides is 2. The van der Waals surface area contributed by atoms with E-state index in [1.165, 1.54) is 0 Å². The van der Waals surface area contributed by atoms with E-state index in [-0.39, 0.29) is 17.7 Å². The Labute approximate surface area is 129 Å². The van der Waals surface area contributed by atoms with Gasteiger partial charge in [0.2, 0.25) is 5.91 Å². The van der Waals surface area contributed by atoms with Crippen LogP contribution in [0.2, 0.25) is 0 Å². The normalized spacial score (nSPS) is 11.5. The zero-order valence-electron chi connectivity index (χ0n) is 12.7. The minimum atomic E-state index is -0.265.